The largest absolute Gasteiger partial charge is 0.297 e. The van der Waals surface area contributed by atoms with Crippen LogP contribution in [-0.4, -0.2) is 33.1 Å². The molecule has 110 valence electrons. The fraction of sp³-hybridized carbons (Fsp3) is 0.786. The predicted octanol–water partition coefficient (Wildman–Crippen LogP) is 4.12. The highest BCUT2D eigenvalue weighted by molar-refractivity contribution is 9.09. The highest BCUT2D eigenvalue weighted by Crippen LogP contribution is 2.23. The Bertz CT molecular complexity index is 379. The fourth-order valence-electron chi connectivity index (χ4n) is 2.15. The van der Waals surface area contributed by atoms with E-state index in [1.807, 2.05) is 4.68 Å². The lowest BCUT2D eigenvalue weighted by Crippen LogP contribution is -2.27. The summed E-state index contributed by atoms with van der Waals surface area (Å²) in [4.78, 5) is 2.45. The zero-order valence-corrected chi connectivity index (χ0v) is 14.6. The Morgan fingerprint density at radius 2 is 2.00 bits per heavy atom. The van der Waals surface area contributed by atoms with Crippen LogP contribution in [-0.2, 0) is 19.5 Å². The number of aromatic nitrogens is 2. The number of hydrogen-bond acceptors (Lipinski definition) is 2. The molecule has 0 unspecified atom stereocenters. The second-order valence-electron chi connectivity index (χ2n) is 4.70. The van der Waals surface area contributed by atoms with E-state index in [0.29, 0.717) is 0 Å². The second-order valence-corrected chi connectivity index (χ2v) is 5.87. The molecule has 1 heterocycles. The van der Waals surface area contributed by atoms with Crippen molar-refractivity contribution in [1.82, 2.24) is 14.7 Å². The molecule has 0 amide bonds. The Hall–Kier alpha value is -0.0600. The molecule has 0 atom stereocenters. The molecule has 0 radical (unpaired) electrons. The van der Waals surface area contributed by atoms with E-state index >= 15 is 0 Å². The van der Waals surface area contributed by atoms with Gasteiger partial charge in [0.25, 0.3) is 0 Å². The summed E-state index contributed by atoms with van der Waals surface area (Å²) in [6.45, 7) is 10.4. The minimum atomic E-state index is 0.862. The van der Waals surface area contributed by atoms with E-state index in [9.17, 15) is 0 Å². The van der Waals surface area contributed by atoms with Gasteiger partial charge >= 0.3 is 0 Å². The van der Waals surface area contributed by atoms with Crippen molar-refractivity contribution >= 4 is 27.5 Å². The Morgan fingerprint density at radius 1 is 1.26 bits per heavy atom. The van der Waals surface area contributed by atoms with Crippen LogP contribution in [0.25, 0.3) is 0 Å². The van der Waals surface area contributed by atoms with Crippen LogP contribution in [0.3, 0.4) is 0 Å². The smallest absolute Gasteiger partial charge is 0.0863 e. The minimum absolute atomic E-state index is 0.862. The highest BCUT2D eigenvalue weighted by atomic mass is 79.9. The number of unbranched alkanes of at least 4 members (excludes halogenated alkanes) is 1. The van der Waals surface area contributed by atoms with Crippen LogP contribution in [0.2, 0.25) is 5.02 Å². The molecule has 0 fully saturated rings. The van der Waals surface area contributed by atoms with Crippen molar-refractivity contribution < 1.29 is 0 Å². The number of halogens is 2. The van der Waals surface area contributed by atoms with Gasteiger partial charge in [0.1, 0.15) is 0 Å². The quantitative estimate of drug-likeness (QED) is 0.625. The topological polar surface area (TPSA) is 21.1 Å². The van der Waals surface area contributed by atoms with Crippen molar-refractivity contribution in [1.29, 1.82) is 0 Å². The SMILES string of the molecule is CCCCN(CCBr)Cc1c(Cl)c(CC)nn1CC. The average molecular weight is 351 g/mol. The molecule has 0 N–H and O–H groups in total. The van der Waals surface area contributed by atoms with Gasteiger partial charge < -0.3 is 0 Å². The molecule has 0 saturated carbocycles. The molecule has 0 saturated heterocycles. The van der Waals surface area contributed by atoms with Crippen LogP contribution in [0.4, 0.5) is 0 Å². The summed E-state index contributed by atoms with van der Waals surface area (Å²) in [6.07, 6.45) is 3.34. The van der Waals surface area contributed by atoms with E-state index in [1.54, 1.807) is 0 Å². The van der Waals surface area contributed by atoms with Gasteiger partial charge in [-0.15, -0.1) is 0 Å². The molecule has 1 aromatic rings. The summed E-state index contributed by atoms with van der Waals surface area (Å²) < 4.78 is 2.05. The molecule has 0 aliphatic carbocycles. The van der Waals surface area contributed by atoms with Gasteiger partial charge in [-0.1, -0.05) is 47.8 Å². The zero-order chi connectivity index (χ0) is 14.3. The van der Waals surface area contributed by atoms with Crippen LogP contribution in [0, 0.1) is 0 Å². The van der Waals surface area contributed by atoms with Gasteiger partial charge in [0.15, 0.2) is 0 Å². The lowest BCUT2D eigenvalue weighted by atomic mass is 10.2. The summed E-state index contributed by atoms with van der Waals surface area (Å²) in [6, 6.07) is 0. The summed E-state index contributed by atoms with van der Waals surface area (Å²) >= 11 is 10.00. The van der Waals surface area contributed by atoms with Gasteiger partial charge in [-0.2, -0.15) is 5.10 Å². The number of aryl methyl sites for hydroxylation is 2. The molecular formula is C14H25BrClN3. The first kappa shape index (κ1) is 17.0. The van der Waals surface area contributed by atoms with Gasteiger partial charge in [-0.3, -0.25) is 9.58 Å². The predicted molar refractivity (Wildman–Crippen MR) is 86.3 cm³/mol. The molecule has 1 rings (SSSR count). The van der Waals surface area contributed by atoms with Crippen molar-refractivity contribution in [2.75, 3.05) is 18.4 Å². The minimum Gasteiger partial charge on any atom is -0.297 e. The van der Waals surface area contributed by atoms with Gasteiger partial charge in [-0.05, 0) is 26.3 Å². The third-order valence-electron chi connectivity index (χ3n) is 3.30. The summed E-state index contributed by atoms with van der Waals surface area (Å²) in [5.74, 6) is 0. The van der Waals surface area contributed by atoms with Gasteiger partial charge in [-0.25, -0.2) is 0 Å². The first-order valence-electron chi connectivity index (χ1n) is 7.20. The lowest BCUT2D eigenvalue weighted by molar-refractivity contribution is 0.269. The fourth-order valence-corrected chi connectivity index (χ4v) is 2.98. The normalized spacial score (nSPS) is 11.5. The van der Waals surface area contributed by atoms with Gasteiger partial charge in [0.05, 0.1) is 16.4 Å². The molecular weight excluding hydrogens is 326 g/mol. The molecule has 0 bridgehead atoms. The maximum atomic E-state index is 6.46. The third-order valence-corrected chi connectivity index (χ3v) is 4.09. The maximum absolute atomic E-state index is 6.46. The second kappa shape index (κ2) is 8.98. The molecule has 0 spiro atoms. The highest BCUT2D eigenvalue weighted by Gasteiger charge is 2.16. The van der Waals surface area contributed by atoms with Crippen LogP contribution in [0.15, 0.2) is 0 Å². The Balaban J connectivity index is 2.84. The molecule has 1 aromatic heterocycles. The number of alkyl halides is 1. The van der Waals surface area contributed by atoms with Crippen molar-refractivity contribution in [3.05, 3.63) is 16.4 Å². The van der Waals surface area contributed by atoms with E-state index in [0.717, 1.165) is 54.3 Å². The molecule has 0 aliphatic heterocycles. The molecule has 3 nitrogen and oxygen atoms in total. The van der Waals surface area contributed by atoms with Crippen molar-refractivity contribution in [3.8, 4) is 0 Å². The van der Waals surface area contributed by atoms with Crippen molar-refractivity contribution in [3.63, 3.8) is 0 Å². The van der Waals surface area contributed by atoms with E-state index in [4.69, 9.17) is 11.6 Å². The van der Waals surface area contributed by atoms with E-state index in [2.05, 4.69) is 46.7 Å². The Kier molecular flexibility index (Phi) is 8.03. The molecule has 0 aliphatic rings. The monoisotopic (exact) mass is 349 g/mol. The van der Waals surface area contributed by atoms with Crippen LogP contribution < -0.4 is 0 Å². The molecule has 5 heteroatoms. The Labute approximate surface area is 130 Å². The van der Waals surface area contributed by atoms with Crippen molar-refractivity contribution in [2.45, 2.75) is 53.1 Å². The molecule has 19 heavy (non-hydrogen) atoms. The van der Waals surface area contributed by atoms with Gasteiger partial charge in [0.2, 0.25) is 0 Å². The van der Waals surface area contributed by atoms with Crippen LogP contribution in [0.1, 0.15) is 45.0 Å². The van der Waals surface area contributed by atoms with Crippen LogP contribution in [0.5, 0.6) is 0 Å². The van der Waals surface area contributed by atoms with E-state index in [-0.39, 0.29) is 0 Å². The number of rotatable bonds is 9. The summed E-state index contributed by atoms with van der Waals surface area (Å²) in [5.41, 5.74) is 2.19. The van der Waals surface area contributed by atoms with Crippen molar-refractivity contribution in [2.24, 2.45) is 0 Å². The maximum Gasteiger partial charge on any atom is 0.0863 e. The summed E-state index contributed by atoms with van der Waals surface area (Å²) in [5, 5.41) is 6.44. The standard InChI is InChI=1S/C14H25BrClN3/c1-4-7-9-18(10-8-15)11-13-14(16)12(5-2)17-19(13)6-3/h4-11H2,1-3H3. The molecule has 0 aromatic carbocycles. The van der Waals surface area contributed by atoms with Gasteiger partial charge in [0, 0.05) is 25.0 Å². The van der Waals surface area contributed by atoms with Crippen LogP contribution >= 0.6 is 27.5 Å². The van der Waals surface area contributed by atoms with E-state index in [1.165, 1.54) is 12.8 Å². The summed E-state index contributed by atoms with van der Waals surface area (Å²) in [7, 11) is 0. The Morgan fingerprint density at radius 3 is 2.53 bits per heavy atom. The zero-order valence-electron chi connectivity index (χ0n) is 12.3. The number of nitrogens with zero attached hydrogens (tertiary/aromatic N) is 3. The van der Waals surface area contributed by atoms with E-state index < -0.39 is 0 Å². The third kappa shape index (κ3) is 4.76. The lowest BCUT2D eigenvalue weighted by Gasteiger charge is -2.21. The average Bonchev–Trinajstić information content (AvgIpc) is 2.72. The first-order chi connectivity index (χ1) is 9.17. The number of hydrogen-bond donors (Lipinski definition) is 0. The first-order valence-corrected chi connectivity index (χ1v) is 8.70.